The van der Waals surface area contributed by atoms with E-state index >= 15 is 0 Å². The maximum absolute atomic E-state index is 11.8. The van der Waals surface area contributed by atoms with E-state index in [1.165, 1.54) is 7.11 Å². The van der Waals surface area contributed by atoms with E-state index in [1.54, 1.807) is 4.90 Å². The summed E-state index contributed by atoms with van der Waals surface area (Å²) < 4.78 is 5.28. The van der Waals surface area contributed by atoms with Gasteiger partial charge in [-0.15, -0.1) is 0 Å². The molecule has 104 valence electrons. The van der Waals surface area contributed by atoms with Crippen molar-refractivity contribution in [3.63, 3.8) is 0 Å². The van der Waals surface area contributed by atoms with Crippen molar-refractivity contribution in [2.24, 2.45) is 5.92 Å². The van der Waals surface area contributed by atoms with Crippen LogP contribution in [0.5, 0.6) is 0 Å². The van der Waals surface area contributed by atoms with Crippen molar-refractivity contribution in [2.75, 3.05) is 20.2 Å². The number of nitrogens with one attached hydrogen (secondary N) is 1. The standard InChI is InChI=1S/C12H22N2O4/c1-12(2,3)18-11(16)14-7-5-9(6-8-14)10(15)13-17-4/h9H,5-8H2,1-4H3,(H,13,15). The average Bonchev–Trinajstić information content (AvgIpc) is 2.27. The zero-order chi connectivity index (χ0) is 13.8. The third-order valence-electron chi connectivity index (χ3n) is 2.72. The molecule has 1 N–H and O–H groups in total. The number of rotatable bonds is 2. The molecule has 1 aliphatic heterocycles. The van der Waals surface area contributed by atoms with E-state index in [4.69, 9.17) is 4.74 Å². The summed E-state index contributed by atoms with van der Waals surface area (Å²) in [5.74, 6) is -0.218. The number of amides is 2. The van der Waals surface area contributed by atoms with E-state index in [0.717, 1.165) is 0 Å². The second-order valence-electron chi connectivity index (χ2n) is 5.41. The molecular weight excluding hydrogens is 236 g/mol. The zero-order valence-corrected chi connectivity index (χ0v) is 11.5. The van der Waals surface area contributed by atoms with Gasteiger partial charge in [0.1, 0.15) is 5.60 Å². The van der Waals surface area contributed by atoms with Crippen LogP contribution < -0.4 is 5.48 Å². The largest absolute Gasteiger partial charge is 0.444 e. The van der Waals surface area contributed by atoms with Gasteiger partial charge in [0, 0.05) is 19.0 Å². The van der Waals surface area contributed by atoms with Crippen molar-refractivity contribution in [3.05, 3.63) is 0 Å². The number of nitrogens with zero attached hydrogens (tertiary/aromatic N) is 1. The zero-order valence-electron chi connectivity index (χ0n) is 11.5. The molecule has 0 aliphatic carbocycles. The van der Waals surface area contributed by atoms with Gasteiger partial charge in [0.15, 0.2) is 0 Å². The molecule has 6 nitrogen and oxygen atoms in total. The van der Waals surface area contributed by atoms with Crippen LogP contribution in [0, 0.1) is 5.92 Å². The minimum absolute atomic E-state index is 0.0939. The summed E-state index contributed by atoms with van der Waals surface area (Å²) in [6.45, 7) is 6.59. The highest BCUT2D eigenvalue weighted by Crippen LogP contribution is 2.19. The summed E-state index contributed by atoms with van der Waals surface area (Å²) in [6, 6.07) is 0. The first-order valence-corrected chi connectivity index (χ1v) is 6.14. The van der Waals surface area contributed by atoms with Gasteiger partial charge < -0.3 is 9.64 Å². The first kappa shape index (κ1) is 14.8. The fourth-order valence-electron chi connectivity index (χ4n) is 1.83. The Morgan fingerprint density at radius 3 is 2.22 bits per heavy atom. The smallest absolute Gasteiger partial charge is 0.410 e. The summed E-state index contributed by atoms with van der Waals surface area (Å²) in [6.07, 6.45) is 0.955. The van der Waals surface area contributed by atoms with Crippen LogP contribution >= 0.6 is 0 Å². The molecule has 0 spiro atoms. The van der Waals surface area contributed by atoms with Crippen molar-refractivity contribution in [2.45, 2.75) is 39.2 Å². The summed E-state index contributed by atoms with van der Waals surface area (Å²) in [4.78, 5) is 29.6. The minimum atomic E-state index is -0.485. The van der Waals surface area contributed by atoms with E-state index in [9.17, 15) is 9.59 Å². The van der Waals surface area contributed by atoms with Gasteiger partial charge in [0.25, 0.3) is 0 Å². The lowest BCUT2D eigenvalue weighted by atomic mass is 9.96. The van der Waals surface area contributed by atoms with E-state index in [2.05, 4.69) is 10.3 Å². The highest BCUT2D eigenvalue weighted by Gasteiger charge is 2.29. The Morgan fingerprint density at radius 2 is 1.78 bits per heavy atom. The number of hydrogen-bond acceptors (Lipinski definition) is 4. The Morgan fingerprint density at radius 1 is 1.22 bits per heavy atom. The van der Waals surface area contributed by atoms with Crippen LogP contribution in [0.15, 0.2) is 0 Å². The number of hydroxylamine groups is 1. The Kier molecular flexibility index (Phi) is 4.95. The predicted octanol–water partition coefficient (Wildman–Crippen LogP) is 1.31. The van der Waals surface area contributed by atoms with Gasteiger partial charge in [-0.1, -0.05) is 0 Å². The molecule has 1 fully saturated rings. The fourth-order valence-corrected chi connectivity index (χ4v) is 1.83. The molecule has 6 heteroatoms. The van der Waals surface area contributed by atoms with Crippen molar-refractivity contribution < 1.29 is 19.2 Å². The predicted molar refractivity (Wildman–Crippen MR) is 65.7 cm³/mol. The highest BCUT2D eigenvalue weighted by molar-refractivity contribution is 5.78. The summed E-state index contributed by atoms with van der Waals surface area (Å²) in [7, 11) is 1.41. The Labute approximate surface area is 108 Å². The highest BCUT2D eigenvalue weighted by atomic mass is 16.6. The second-order valence-corrected chi connectivity index (χ2v) is 5.41. The van der Waals surface area contributed by atoms with Crippen molar-refractivity contribution in [1.82, 2.24) is 10.4 Å². The van der Waals surface area contributed by atoms with Gasteiger partial charge in [-0.3, -0.25) is 9.63 Å². The molecule has 2 amide bonds. The minimum Gasteiger partial charge on any atom is -0.444 e. The van der Waals surface area contributed by atoms with Crippen molar-refractivity contribution in [3.8, 4) is 0 Å². The molecule has 0 aromatic rings. The number of likely N-dealkylation sites (tertiary alicyclic amines) is 1. The Bertz CT molecular complexity index is 304. The summed E-state index contributed by atoms with van der Waals surface area (Å²) in [5, 5.41) is 0. The normalized spacial score (nSPS) is 17.4. The molecule has 0 atom stereocenters. The topological polar surface area (TPSA) is 67.9 Å². The van der Waals surface area contributed by atoms with Crippen LogP contribution in [-0.2, 0) is 14.4 Å². The number of carbonyl (C=O) groups excluding carboxylic acids is 2. The van der Waals surface area contributed by atoms with E-state index in [1.807, 2.05) is 20.8 Å². The van der Waals surface area contributed by atoms with Crippen molar-refractivity contribution >= 4 is 12.0 Å². The van der Waals surface area contributed by atoms with Gasteiger partial charge in [0.2, 0.25) is 5.91 Å². The molecule has 1 heterocycles. The molecule has 1 saturated heterocycles. The fraction of sp³-hybridized carbons (Fsp3) is 0.833. The number of ether oxygens (including phenoxy) is 1. The molecule has 0 saturated carbocycles. The molecule has 0 aromatic carbocycles. The second kappa shape index (κ2) is 6.04. The van der Waals surface area contributed by atoms with Crippen molar-refractivity contribution in [1.29, 1.82) is 0 Å². The third kappa shape index (κ3) is 4.52. The monoisotopic (exact) mass is 258 g/mol. The van der Waals surface area contributed by atoms with Gasteiger partial charge in [0.05, 0.1) is 7.11 Å². The number of piperidine rings is 1. The van der Waals surface area contributed by atoms with Gasteiger partial charge >= 0.3 is 6.09 Å². The Balaban J connectivity index is 2.39. The average molecular weight is 258 g/mol. The van der Waals surface area contributed by atoms with E-state index < -0.39 is 5.60 Å². The SMILES string of the molecule is CONC(=O)C1CCN(C(=O)OC(C)(C)C)CC1. The molecule has 0 aromatic heterocycles. The van der Waals surface area contributed by atoms with Crippen LogP contribution in [0.2, 0.25) is 0 Å². The van der Waals surface area contributed by atoms with E-state index in [-0.39, 0.29) is 17.9 Å². The first-order valence-electron chi connectivity index (χ1n) is 6.14. The first-order chi connectivity index (χ1) is 8.33. The quantitative estimate of drug-likeness (QED) is 0.758. The van der Waals surface area contributed by atoms with Crippen LogP contribution in [0.1, 0.15) is 33.6 Å². The Hall–Kier alpha value is -1.30. The molecule has 1 rings (SSSR count). The van der Waals surface area contributed by atoms with Crippen LogP contribution in [-0.4, -0.2) is 42.7 Å². The number of hydrogen-bond donors (Lipinski definition) is 1. The summed E-state index contributed by atoms with van der Waals surface area (Å²) >= 11 is 0. The van der Waals surface area contributed by atoms with Gasteiger partial charge in [-0.05, 0) is 33.6 Å². The lowest BCUT2D eigenvalue weighted by Crippen LogP contribution is -2.44. The maximum Gasteiger partial charge on any atom is 0.410 e. The lowest BCUT2D eigenvalue weighted by molar-refractivity contribution is -0.137. The third-order valence-corrected chi connectivity index (χ3v) is 2.72. The van der Waals surface area contributed by atoms with Crippen LogP contribution in [0.25, 0.3) is 0 Å². The maximum atomic E-state index is 11.8. The van der Waals surface area contributed by atoms with Gasteiger partial charge in [-0.2, -0.15) is 0 Å². The van der Waals surface area contributed by atoms with E-state index in [0.29, 0.717) is 25.9 Å². The van der Waals surface area contributed by atoms with Crippen LogP contribution in [0.4, 0.5) is 4.79 Å². The van der Waals surface area contributed by atoms with Gasteiger partial charge in [-0.25, -0.2) is 10.3 Å². The molecule has 1 aliphatic rings. The lowest BCUT2D eigenvalue weighted by Gasteiger charge is -2.32. The number of carbonyl (C=O) groups is 2. The molecular formula is C12H22N2O4. The molecule has 0 unspecified atom stereocenters. The summed E-state index contributed by atoms with van der Waals surface area (Å²) in [5.41, 5.74) is 1.84. The molecule has 0 radical (unpaired) electrons. The molecule has 0 bridgehead atoms. The van der Waals surface area contributed by atoms with Crippen LogP contribution in [0.3, 0.4) is 0 Å². The molecule has 18 heavy (non-hydrogen) atoms.